The SMILES string of the molecule is OC[C@@H]1[C@@H](c2ccc(Br)cc2)[C@H]1c1ccccc1. The van der Waals surface area contributed by atoms with Crippen LogP contribution in [0.4, 0.5) is 0 Å². The maximum Gasteiger partial charge on any atom is 0.0471 e. The van der Waals surface area contributed by atoms with Crippen molar-refractivity contribution in [1.29, 1.82) is 0 Å². The number of hydrogen-bond acceptors (Lipinski definition) is 1. The Morgan fingerprint density at radius 1 is 0.833 bits per heavy atom. The molecule has 1 fully saturated rings. The van der Waals surface area contributed by atoms with Crippen molar-refractivity contribution in [3.63, 3.8) is 0 Å². The number of benzene rings is 2. The molecule has 2 heteroatoms. The van der Waals surface area contributed by atoms with Crippen molar-refractivity contribution < 1.29 is 5.11 Å². The average molecular weight is 303 g/mol. The van der Waals surface area contributed by atoms with Gasteiger partial charge in [-0.3, -0.25) is 0 Å². The Labute approximate surface area is 116 Å². The van der Waals surface area contributed by atoms with Crippen LogP contribution in [0.1, 0.15) is 23.0 Å². The highest BCUT2D eigenvalue weighted by atomic mass is 79.9. The van der Waals surface area contributed by atoms with E-state index >= 15 is 0 Å². The summed E-state index contributed by atoms with van der Waals surface area (Å²) >= 11 is 3.46. The summed E-state index contributed by atoms with van der Waals surface area (Å²) in [5, 5.41) is 9.51. The molecule has 0 spiro atoms. The van der Waals surface area contributed by atoms with Gasteiger partial charge in [-0.05, 0) is 41.0 Å². The van der Waals surface area contributed by atoms with Gasteiger partial charge in [0.05, 0.1) is 0 Å². The highest BCUT2D eigenvalue weighted by molar-refractivity contribution is 9.10. The van der Waals surface area contributed by atoms with Crippen molar-refractivity contribution in [3.05, 3.63) is 70.2 Å². The summed E-state index contributed by atoms with van der Waals surface area (Å²) < 4.78 is 1.10. The number of rotatable bonds is 3. The average Bonchev–Trinajstić information content (AvgIpc) is 3.15. The lowest BCUT2D eigenvalue weighted by Gasteiger charge is -2.01. The predicted molar refractivity (Wildman–Crippen MR) is 76.6 cm³/mol. The van der Waals surface area contributed by atoms with Crippen LogP contribution in [0.3, 0.4) is 0 Å². The molecule has 0 heterocycles. The summed E-state index contributed by atoms with van der Waals surface area (Å²) in [4.78, 5) is 0. The molecular formula is C16H15BrO. The number of aliphatic hydroxyl groups is 1. The van der Waals surface area contributed by atoms with Crippen LogP contribution >= 0.6 is 15.9 Å². The van der Waals surface area contributed by atoms with Gasteiger partial charge in [0.25, 0.3) is 0 Å². The standard InChI is InChI=1S/C16H15BrO/c17-13-8-6-12(7-9-13)16-14(10-18)15(16)11-4-2-1-3-5-11/h1-9,14-16,18H,10H2/t14-,15-,16+/m0/s1. The molecule has 3 atom stereocenters. The second-order valence-corrected chi connectivity index (χ2v) is 5.78. The van der Waals surface area contributed by atoms with Gasteiger partial charge in [0, 0.05) is 11.1 Å². The zero-order valence-electron chi connectivity index (χ0n) is 9.96. The molecule has 0 aliphatic heterocycles. The molecule has 2 aromatic carbocycles. The van der Waals surface area contributed by atoms with E-state index in [9.17, 15) is 5.11 Å². The molecule has 1 aliphatic rings. The summed E-state index contributed by atoms with van der Waals surface area (Å²) in [6.45, 7) is 0.264. The molecule has 0 saturated heterocycles. The van der Waals surface area contributed by atoms with Gasteiger partial charge in [0.15, 0.2) is 0 Å². The molecular weight excluding hydrogens is 288 g/mol. The molecule has 0 aromatic heterocycles. The van der Waals surface area contributed by atoms with Crippen molar-refractivity contribution >= 4 is 15.9 Å². The van der Waals surface area contributed by atoms with Crippen LogP contribution in [0.2, 0.25) is 0 Å². The van der Waals surface area contributed by atoms with E-state index in [1.54, 1.807) is 0 Å². The maximum atomic E-state index is 9.51. The molecule has 1 aliphatic carbocycles. The van der Waals surface area contributed by atoms with Crippen LogP contribution in [0, 0.1) is 5.92 Å². The Morgan fingerprint density at radius 2 is 1.39 bits per heavy atom. The zero-order chi connectivity index (χ0) is 12.5. The topological polar surface area (TPSA) is 20.2 Å². The molecule has 1 saturated carbocycles. The van der Waals surface area contributed by atoms with Crippen LogP contribution in [0.25, 0.3) is 0 Å². The fourth-order valence-corrected chi connectivity index (χ4v) is 3.13. The molecule has 1 nitrogen and oxygen atoms in total. The summed E-state index contributed by atoms with van der Waals surface area (Å²) in [5.41, 5.74) is 2.66. The smallest absolute Gasteiger partial charge is 0.0471 e. The van der Waals surface area contributed by atoms with Crippen molar-refractivity contribution in [2.45, 2.75) is 11.8 Å². The summed E-state index contributed by atoms with van der Waals surface area (Å²) in [7, 11) is 0. The lowest BCUT2D eigenvalue weighted by Crippen LogP contribution is -1.88. The molecule has 0 unspecified atom stereocenters. The van der Waals surface area contributed by atoms with Gasteiger partial charge < -0.3 is 5.11 Å². The van der Waals surface area contributed by atoms with E-state index in [-0.39, 0.29) is 6.61 Å². The molecule has 18 heavy (non-hydrogen) atoms. The van der Waals surface area contributed by atoms with Crippen molar-refractivity contribution in [1.82, 2.24) is 0 Å². The van der Waals surface area contributed by atoms with E-state index in [4.69, 9.17) is 0 Å². The Balaban J connectivity index is 1.87. The van der Waals surface area contributed by atoms with Crippen LogP contribution < -0.4 is 0 Å². The Kier molecular flexibility index (Phi) is 3.23. The molecule has 1 N–H and O–H groups in total. The largest absolute Gasteiger partial charge is 0.396 e. The monoisotopic (exact) mass is 302 g/mol. The van der Waals surface area contributed by atoms with Crippen molar-refractivity contribution in [3.8, 4) is 0 Å². The molecule has 0 amide bonds. The van der Waals surface area contributed by atoms with Gasteiger partial charge in [-0.25, -0.2) is 0 Å². The molecule has 2 aromatic rings. The van der Waals surface area contributed by atoms with Gasteiger partial charge >= 0.3 is 0 Å². The first-order valence-electron chi connectivity index (χ1n) is 6.22. The predicted octanol–water partition coefficient (Wildman–Crippen LogP) is 3.94. The first-order valence-corrected chi connectivity index (χ1v) is 7.02. The van der Waals surface area contributed by atoms with Crippen LogP contribution in [0.15, 0.2) is 59.1 Å². The molecule has 3 rings (SSSR count). The number of aliphatic hydroxyl groups excluding tert-OH is 1. The Morgan fingerprint density at radius 3 is 1.94 bits per heavy atom. The maximum absolute atomic E-state index is 9.51. The lowest BCUT2D eigenvalue weighted by atomic mass is 10.0. The van der Waals surface area contributed by atoms with E-state index in [2.05, 4.69) is 64.5 Å². The van der Waals surface area contributed by atoms with Gasteiger partial charge in [0.1, 0.15) is 0 Å². The van der Waals surface area contributed by atoms with E-state index < -0.39 is 0 Å². The second-order valence-electron chi connectivity index (χ2n) is 4.86. The molecule has 92 valence electrons. The summed E-state index contributed by atoms with van der Waals surface area (Å²) in [5.74, 6) is 1.30. The molecule has 0 bridgehead atoms. The highest BCUT2D eigenvalue weighted by Gasteiger charge is 2.50. The van der Waals surface area contributed by atoms with Crippen LogP contribution in [-0.4, -0.2) is 11.7 Å². The Hall–Kier alpha value is -1.12. The third-order valence-electron chi connectivity index (χ3n) is 3.82. The van der Waals surface area contributed by atoms with Gasteiger partial charge in [-0.15, -0.1) is 0 Å². The summed E-state index contributed by atoms with van der Waals surface area (Å²) in [6, 6.07) is 18.9. The van der Waals surface area contributed by atoms with Gasteiger partial charge in [-0.1, -0.05) is 58.4 Å². The Bertz CT molecular complexity index is 521. The van der Waals surface area contributed by atoms with Gasteiger partial charge in [0.2, 0.25) is 0 Å². The number of halogens is 1. The molecule has 0 radical (unpaired) electrons. The summed E-state index contributed by atoms with van der Waals surface area (Å²) in [6.07, 6.45) is 0. The lowest BCUT2D eigenvalue weighted by molar-refractivity contribution is 0.271. The highest BCUT2D eigenvalue weighted by Crippen LogP contribution is 2.60. The van der Waals surface area contributed by atoms with Crippen LogP contribution in [-0.2, 0) is 0 Å². The quantitative estimate of drug-likeness (QED) is 0.910. The van der Waals surface area contributed by atoms with E-state index in [1.165, 1.54) is 11.1 Å². The number of hydrogen-bond donors (Lipinski definition) is 1. The second kappa shape index (κ2) is 4.87. The van der Waals surface area contributed by atoms with Crippen molar-refractivity contribution in [2.75, 3.05) is 6.61 Å². The third-order valence-corrected chi connectivity index (χ3v) is 4.35. The minimum atomic E-state index is 0.264. The van der Waals surface area contributed by atoms with E-state index in [0.29, 0.717) is 17.8 Å². The first kappa shape index (κ1) is 11.9. The normalized spacial score (nSPS) is 26.0. The van der Waals surface area contributed by atoms with E-state index in [0.717, 1.165) is 4.47 Å². The fourth-order valence-electron chi connectivity index (χ4n) is 2.87. The third kappa shape index (κ3) is 2.11. The van der Waals surface area contributed by atoms with Crippen molar-refractivity contribution in [2.24, 2.45) is 5.92 Å². The minimum Gasteiger partial charge on any atom is -0.396 e. The fraction of sp³-hybridized carbons (Fsp3) is 0.250. The van der Waals surface area contributed by atoms with Crippen LogP contribution in [0.5, 0.6) is 0 Å². The zero-order valence-corrected chi connectivity index (χ0v) is 11.5. The first-order chi connectivity index (χ1) is 8.81. The van der Waals surface area contributed by atoms with E-state index in [1.807, 2.05) is 6.07 Å². The van der Waals surface area contributed by atoms with Gasteiger partial charge in [-0.2, -0.15) is 0 Å². The minimum absolute atomic E-state index is 0.264.